The Hall–Kier alpha value is -2.77. The third-order valence-electron chi connectivity index (χ3n) is 5.70. The third-order valence-corrected chi connectivity index (χ3v) is 6.13. The Morgan fingerprint density at radius 2 is 1.39 bits per heavy atom. The minimum atomic E-state index is -1.03. The van der Waals surface area contributed by atoms with Crippen LogP contribution in [0.2, 0.25) is 10.0 Å². The molecule has 0 bridgehead atoms. The van der Waals surface area contributed by atoms with E-state index in [0.717, 1.165) is 5.56 Å². The van der Waals surface area contributed by atoms with Gasteiger partial charge in [0.2, 0.25) is 0 Å². The Balaban J connectivity index is 1.30. The molecule has 2 aromatic carbocycles. The second-order valence-electron chi connectivity index (χ2n) is 7.85. The maximum atomic E-state index is 12.7. The van der Waals surface area contributed by atoms with E-state index < -0.39 is 12.1 Å². The summed E-state index contributed by atoms with van der Waals surface area (Å²) in [7, 11) is 0. The number of carbonyl (C=O) groups excluding carboxylic acids is 2. The van der Waals surface area contributed by atoms with E-state index in [1.54, 1.807) is 28.0 Å². The molecule has 0 aliphatic carbocycles. The fourth-order valence-corrected chi connectivity index (χ4v) is 4.75. The molecule has 2 atom stereocenters. The van der Waals surface area contributed by atoms with Crippen LogP contribution < -0.4 is 0 Å². The Labute approximate surface area is 189 Å². The molecule has 2 aromatic rings. The molecule has 0 spiro atoms. The normalized spacial score (nSPS) is 19.9. The van der Waals surface area contributed by atoms with Crippen LogP contribution in [0.4, 0.5) is 4.79 Å². The first-order chi connectivity index (χ1) is 14.8. The molecule has 2 heterocycles. The van der Waals surface area contributed by atoms with Gasteiger partial charge in [0.05, 0.1) is 5.56 Å². The number of amides is 2. The maximum Gasteiger partial charge on any atom is 0.410 e. The molecule has 2 fully saturated rings. The summed E-state index contributed by atoms with van der Waals surface area (Å²) in [4.78, 5) is 39.6. The molecule has 2 saturated heterocycles. The van der Waals surface area contributed by atoms with Crippen LogP contribution in [0.3, 0.4) is 0 Å². The van der Waals surface area contributed by atoms with Gasteiger partial charge in [0.1, 0.15) is 6.61 Å². The largest absolute Gasteiger partial charge is 0.478 e. The number of nitrogens with zero attached hydrogens (tertiary/aromatic N) is 2. The van der Waals surface area contributed by atoms with Gasteiger partial charge in [0.15, 0.2) is 0 Å². The highest BCUT2D eigenvalue weighted by atomic mass is 35.5. The number of rotatable bonds is 4. The van der Waals surface area contributed by atoms with Crippen LogP contribution >= 0.6 is 23.2 Å². The lowest BCUT2D eigenvalue weighted by atomic mass is 10.0. The second-order valence-corrected chi connectivity index (χ2v) is 8.72. The van der Waals surface area contributed by atoms with Crippen LogP contribution in [-0.4, -0.2) is 59.1 Å². The van der Waals surface area contributed by atoms with Gasteiger partial charge in [0.25, 0.3) is 5.91 Å². The zero-order valence-electron chi connectivity index (χ0n) is 16.5. The van der Waals surface area contributed by atoms with Gasteiger partial charge in [-0.3, -0.25) is 4.79 Å². The lowest BCUT2D eigenvalue weighted by Crippen LogP contribution is -2.35. The monoisotopic (exact) mass is 462 g/mol. The molecule has 0 radical (unpaired) electrons. The maximum absolute atomic E-state index is 12.7. The van der Waals surface area contributed by atoms with Crippen LogP contribution in [0.15, 0.2) is 42.5 Å². The Bertz CT molecular complexity index is 993. The average Bonchev–Trinajstić information content (AvgIpc) is 3.30. The van der Waals surface area contributed by atoms with Crippen molar-refractivity contribution in [2.75, 3.05) is 26.2 Å². The lowest BCUT2D eigenvalue weighted by molar-refractivity contribution is 0.0693. The van der Waals surface area contributed by atoms with Gasteiger partial charge < -0.3 is 19.6 Å². The topological polar surface area (TPSA) is 87.2 Å². The lowest BCUT2D eigenvalue weighted by Gasteiger charge is -2.21. The van der Waals surface area contributed by atoms with Crippen LogP contribution in [0, 0.1) is 11.8 Å². The average molecular weight is 463 g/mol. The van der Waals surface area contributed by atoms with Gasteiger partial charge in [-0.15, -0.1) is 0 Å². The summed E-state index contributed by atoms with van der Waals surface area (Å²) >= 11 is 11.9. The van der Waals surface area contributed by atoms with E-state index in [2.05, 4.69) is 0 Å². The number of ether oxygens (including phenoxy) is 1. The Kier molecular flexibility index (Phi) is 6.07. The van der Waals surface area contributed by atoms with Crippen LogP contribution in [-0.2, 0) is 11.3 Å². The van der Waals surface area contributed by atoms with Gasteiger partial charge in [-0.2, -0.15) is 0 Å². The molecule has 4 rings (SSSR count). The Morgan fingerprint density at radius 1 is 0.871 bits per heavy atom. The minimum absolute atomic E-state index is 0.0852. The summed E-state index contributed by atoms with van der Waals surface area (Å²) in [5, 5.41) is 9.95. The van der Waals surface area contributed by atoms with Crippen LogP contribution in [0.1, 0.15) is 26.3 Å². The fourth-order valence-electron chi connectivity index (χ4n) is 4.18. The van der Waals surface area contributed by atoms with Gasteiger partial charge in [0, 0.05) is 53.6 Å². The van der Waals surface area contributed by atoms with Crippen molar-refractivity contribution >= 4 is 41.2 Å². The van der Waals surface area contributed by atoms with E-state index in [1.807, 2.05) is 0 Å². The van der Waals surface area contributed by atoms with Crippen LogP contribution in [0.5, 0.6) is 0 Å². The molecule has 9 heteroatoms. The van der Waals surface area contributed by atoms with E-state index in [9.17, 15) is 14.4 Å². The van der Waals surface area contributed by atoms with E-state index in [-0.39, 0.29) is 29.9 Å². The molecule has 0 saturated carbocycles. The quantitative estimate of drug-likeness (QED) is 0.740. The van der Waals surface area contributed by atoms with Gasteiger partial charge in [-0.25, -0.2) is 9.59 Å². The van der Waals surface area contributed by atoms with Gasteiger partial charge in [-0.05, 0) is 48.0 Å². The standard InChI is InChI=1S/C22H20Cl2N2O5/c23-18-5-13(6-19(24)7-18)12-31-22(30)26-10-16-8-25(9-17(16)11-26)20(27)14-1-3-15(4-2-14)21(28)29/h1-7,16-17H,8-12H2,(H,28,29). The van der Waals surface area contributed by atoms with Crippen molar-refractivity contribution in [3.63, 3.8) is 0 Å². The van der Waals surface area contributed by atoms with Crippen molar-refractivity contribution in [3.8, 4) is 0 Å². The predicted octanol–water partition coefficient (Wildman–Crippen LogP) is 4.03. The minimum Gasteiger partial charge on any atom is -0.478 e. The summed E-state index contributed by atoms with van der Waals surface area (Å²) in [5.74, 6) is -0.774. The molecular weight excluding hydrogens is 443 g/mol. The van der Waals surface area contributed by atoms with E-state index in [0.29, 0.717) is 41.8 Å². The summed E-state index contributed by atoms with van der Waals surface area (Å²) < 4.78 is 5.40. The molecule has 1 N–H and O–H groups in total. The number of aromatic carboxylic acids is 1. The molecule has 2 aliphatic heterocycles. The second kappa shape index (κ2) is 8.77. The number of carboxylic acids is 1. The number of benzene rings is 2. The zero-order chi connectivity index (χ0) is 22.1. The first-order valence-corrected chi connectivity index (χ1v) is 10.5. The van der Waals surface area contributed by atoms with Gasteiger partial charge >= 0.3 is 12.1 Å². The van der Waals surface area contributed by atoms with E-state index in [4.69, 9.17) is 33.0 Å². The number of hydrogen-bond acceptors (Lipinski definition) is 4. The van der Waals surface area contributed by atoms with E-state index in [1.165, 1.54) is 24.3 Å². The van der Waals surface area contributed by atoms with Crippen molar-refractivity contribution in [2.45, 2.75) is 6.61 Å². The molecule has 0 aromatic heterocycles. The SMILES string of the molecule is O=C(O)c1ccc(C(=O)N2CC3CN(C(=O)OCc4cc(Cl)cc(Cl)c4)CC3C2)cc1. The summed E-state index contributed by atoms with van der Waals surface area (Å²) in [6.07, 6.45) is -0.396. The number of carbonyl (C=O) groups is 3. The first-order valence-electron chi connectivity index (χ1n) is 9.79. The van der Waals surface area contributed by atoms with Crippen molar-refractivity contribution in [2.24, 2.45) is 11.8 Å². The van der Waals surface area contributed by atoms with Gasteiger partial charge in [-0.1, -0.05) is 23.2 Å². The van der Waals surface area contributed by atoms with Crippen molar-refractivity contribution in [1.82, 2.24) is 9.80 Å². The number of halogens is 2. The molecular formula is C22H20Cl2N2O5. The number of carboxylic acid groups (broad SMARTS) is 1. The molecule has 7 nitrogen and oxygen atoms in total. The highest BCUT2D eigenvalue weighted by Crippen LogP contribution is 2.32. The molecule has 2 unspecified atom stereocenters. The molecule has 2 aliphatic rings. The first kappa shape index (κ1) is 21.5. The van der Waals surface area contributed by atoms with Crippen molar-refractivity contribution in [1.29, 1.82) is 0 Å². The molecule has 31 heavy (non-hydrogen) atoms. The van der Waals surface area contributed by atoms with Crippen LogP contribution in [0.25, 0.3) is 0 Å². The highest BCUT2D eigenvalue weighted by molar-refractivity contribution is 6.34. The smallest absolute Gasteiger partial charge is 0.410 e. The van der Waals surface area contributed by atoms with Crippen molar-refractivity contribution in [3.05, 3.63) is 69.2 Å². The molecule has 2 amide bonds. The van der Waals surface area contributed by atoms with Crippen molar-refractivity contribution < 1.29 is 24.2 Å². The third kappa shape index (κ3) is 4.78. The summed E-state index contributed by atoms with van der Waals surface area (Å²) in [6, 6.07) is 10.9. The number of likely N-dealkylation sites (tertiary alicyclic amines) is 2. The molecule has 162 valence electrons. The summed E-state index contributed by atoms with van der Waals surface area (Å²) in [5.41, 5.74) is 1.32. The number of hydrogen-bond donors (Lipinski definition) is 1. The fraction of sp³-hybridized carbons (Fsp3) is 0.318. The summed E-state index contributed by atoms with van der Waals surface area (Å²) in [6.45, 7) is 2.25. The highest BCUT2D eigenvalue weighted by Gasteiger charge is 2.43. The predicted molar refractivity (Wildman–Crippen MR) is 115 cm³/mol. The zero-order valence-corrected chi connectivity index (χ0v) is 18.0. The van der Waals surface area contributed by atoms with E-state index >= 15 is 0 Å². The number of fused-ring (bicyclic) bond motifs is 1. The Morgan fingerprint density at radius 3 is 1.94 bits per heavy atom.